The molecule has 2 aliphatic rings. The van der Waals surface area contributed by atoms with Gasteiger partial charge >= 0.3 is 0 Å². The summed E-state index contributed by atoms with van der Waals surface area (Å²) < 4.78 is 0. The Morgan fingerprint density at radius 1 is 0.800 bits per heavy atom. The van der Waals surface area contributed by atoms with Crippen molar-refractivity contribution in [3.8, 4) is 0 Å². The smallest absolute Gasteiger partial charge is 0.0248 e. The van der Waals surface area contributed by atoms with E-state index < -0.39 is 0 Å². The molecule has 1 aromatic rings. The summed E-state index contributed by atoms with van der Waals surface area (Å²) in [6.07, 6.45) is 19.9. The van der Waals surface area contributed by atoms with Gasteiger partial charge in [0.25, 0.3) is 0 Å². The molecule has 0 saturated heterocycles. The molecule has 25 heavy (non-hydrogen) atoms. The van der Waals surface area contributed by atoms with Crippen LogP contribution in [0.5, 0.6) is 0 Å². The highest BCUT2D eigenvalue weighted by molar-refractivity contribution is 5.34. The van der Waals surface area contributed by atoms with Crippen LogP contribution in [0.25, 0.3) is 0 Å². The highest BCUT2D eigenvalue weighted by atomic mass is 14.3. The van der Waals surface area contributed by atoms with Crippen molar-refractivity contribution in [1.29, 1.82) is 0 Å². The number of aryl methyl sites for hydroxylation is 2. The van der Waals surface area contributed by atoms with Crippen molar-refractivity contribution in [2.45, 2.75) is 104 Å². The number of hydrogen-bond acceptors (Lipinski definition) is 0. The molecule has 0 amide bonds. The minimum absolute atomic E-state index is 0.961. The van der Waals surface area contributed by atoms with E-state index in [2.05, 4.69) is 32.0 Å². The molecule has 1 fully saturated rings. The molecule has 1 atom stereocenters. The molecule has 140 valence electrons. The Hall–Kier alpha value is -0.780. The van der Waals surface area contributed by atoms with Gasteiger partial charge in [-0.1, -0.05) is 83.4 Å². The van der Waals surface area contributed by atoms with Crippen molar-refractivity contribution in [2.75, 3.05) is 0 Å². The fourth-order valence-electron chi connectivity index (χ4n) is 5.26. The maximum absolute atomic E-state index is 2.53. The minimum Gasteiger partial charge on any atom is -0.0654 e. The normalized spacial score (nSPS) is 26.4. The average Bonchev–Trinajstić information content (AvgIpc) is 2.67. The molecule has 0 heterocycles. The van der Waals surface area contributed by atoms with E-state index in [1.807, 2.05) is 0 Å². The van der Waals surface area contributed by atoms with Crippen molar-refractivity contribution in [1.82, 2.24) is 0 Å². The molecule has 0 heteroatoms. The second kappa shape index (κ2) is 9.79. The third-order valence-corrected chi connectivity index (χ3v) is 7.20. The third kappa shape index (κ3) is 5.60. The van der Waals surface area contributed by atoms with E-state index in [9.17, 15) is 0 Å². The molecule has 1 saturated carbocycles. The molecule has 0 spiro atoms. The van der Waals surface area contributed by atoms with Crippen molar-refractivity contribution >= 4 is 0 Å². The van der Waals surface area contributed by atoms with Gasteiger partial charge in [-0.2, -0.15) is 0 Å². The molecule has 0 aliphatic heterocycles. The lowest BCUT2D eigenvalue weighted by Gasteiger charge is -2.30. The van der Waals surface area contributed by atoms with Gasteiger partial charge in [-0.05, 0) is 73.0 Å². The first kappa shape index (κ1) is 19.0. The number of benzene rings is 1. The Bertz CT molecular complexity index is 507. The van der Waals surface area contributed by atoms with E-state index in [4.69, 9.17) is 0 Å². The molecule has 0 aromatic heterocycles. The van der Waals surface area contributed by atoms with Gasteiger partial charge in [-0.25, -0.2) is 0 Å². The van der Waals surface area contributed by atoms with Gasteiger partial charge < -0.3 is 0 Å². The zero-order valence-electron chi connectivity index (χ0n) is 16.9. The van der Waals surface area contributed by atoms with Gasteiger partial charge in [0.1, 0.15) is 0 Å². The Morgan fingerprint density at radius 3 is 2.32 bits per heavy atom. The van der Waals surface area contributed by atoms with Crippen LogP contribution in [0, 0.1) is 17.8 Å². The zero-order valence-corrected chi connectivity index (χ0v) is 16.9. The zero-order chi connectivity index (χ0) is 17.5. The summed E-state index contributed by atoms with van der Waals surface area (Å²) in [5.41, 5.74) is 4.93. The molecule has 0 nitrogen and oxygen atoms in total. The molecule has 0 bridgehead atoms. The van der Waals surface area contributed by atoms with Crippen LogP contribution >= 0.6 is 0 Å². The van der Waals surface area contributed by atoms with Crippen LogP contribution in [-0.2, 0) is 19.3 Å². The quantitative estimate of drug-likeness (QED) is 0.429. The third-order valence-electron chi connectivity index (χ3n) is 7.20. The fourth-order valence-corrected chi connectivity index (χ4v) is 5.26. The summed E-state index contributed by atoms with van der Waals surface area (Å²) in [4.78, 5) is 0. The van der Waals surface area contributed by atoms with Crippen LogP contribution < -0.4 is 0 Å². The molecule has 2 aliphatic carbocycles. The van der Waals surface area contributed by atoms with E-state index in [0.29, 0.717) is 0 Å². The summed E-state index contributed by atoms with van der Waals surface area (Å²) in [6.45, 7) is 4.67. The van der Waals surface area contributed by atoms with Gasteiger partial charge in [0.05, 0.1) is 0 Å². The van der Waals surface area contributed by atoms with Crippen LogP contribution in [0.15, 0.2) is 18.2 Å². The summed E-state index contributed by atoms with van der Waals surface area (Å²) in [5, 5.41) is 0. The molecule has 0 radical (unpaired) electrons. The molecule has 1 aromatic carbocycles. The first-order chi connectivity index (χ1) is 12.3. The Balaban J connectivity index is 1.44. The molecular weight excluding hydrogens is 300 g/mol. The van der Waals surface area contributed by atoms with Crippen molar-refractivity contribution in [3.63, 3.8) is 0 Å². The number of hydrogen-bond donors (Lipinski definition) is 0. The second-order valence-electron chi connectivity index (χ2n) is 9.04. The maximum atomic E-state index is 2.53. The summed E-state index contributed by atoms with van der Waals surface area (Å²) in [5.74, 6) is 3.05. The number of fused-ring (bicyclic) bond motifs is 1. The monoisotopic (exact) mass is 340 g/mol. The number of rotatable bonds is 8. The molecular formula is C25H40. The highest BCUT2D eigenvalue weighted by Gasteiger charge is 2.23. The van der Waals surface area contributed by atoms with Crippen molar-refractivity contribution < 1.29 is 0 Å². The van der Waals surface area contributed by atoms with Gasteiger partial charge in [0.2, 0.25) is 0 Å². The van der Waals surface area contributed by atoms with Gasteiger partial charge in [-0.3, -0.25) is 0 Å². The second-order valence-corrected chi connectivity index (χ2v) is 9.04. The SMILES string of the molecule is CCCCCc1ccc2c(c1)CCC(CCC1CCC(CC)CC1)C2. The van der Waals surface area contributed by atoms with Gasteiger partial charge in [0.15, 0.2) is 0 Å². The Morgan fingerprint density at radius 2 is 1.56 bits per heavy atom. The van der Waals surface area contributed by atoms with E-state index in [-0.39, 0.29) is 0 Å². The van der Waals surface area contributed by atoms with Crippen LogP contribution in [0.3, 0.4) is 0 Å². The predicted molar refractivity (Wildman–Crippen MR) is 110 cm³/mol. The van der Waals surface area contributed by atoms with Crippen molar-refractivity contribution in [2.24, 2.45) is 17.8 Å². The standard InChI is InChI=1S/C25H40/c1-3-5-6-7-22-14-16-25-19-23(15-17-24(25)18-22)13-12-21-10-8-20(4-2)9-11-21/h14,16,18,20-21,23H,3-13,15,17,19H2,1-2H3. The van der Waals surface area contributed by atoms with Crippen LogP contribution in [-0.4, -0.2) is 0 Å². The molecule has 0 N–H and O–H groups in total. The number of unbranched alkanes of at least 4 members (excludes halogenated alkanes) is 2. The van der Waals surface area contributed by atoms with E-state index >= 15 is 0 Å². The largest absolute Gasteiger partial charge is 0.0654 e. The van der Waals surface area contributed by atoms with E-state index in [1.54, 1.807) is 16.7 Å². The minimum atomic E-state index is 0.961. The van der Waals surface area contributed by atoms with E-state index in [0.717, 1.165) is 17.8 Å². The molecule has 3 rings (SSSR count). The maximum Gasteiger partial charge on any atom is -0.0248 e. The van der Waals surface area contributed by atoms with Crippen LogP contribution in [0.4, 0.5) is 0 Å². The average molecular weight is 341 g/mol. The first-order valence-electron chi connectivity index (χ1n) is 11.4. The van der Waals surface area contributed by atoms with Crippen LogP contribution in [0.2, 0.25) is 0 Å². The topological polar surface area (TPSA) is 0 Å². The van der Waals surface area contributed by atoms with Crippen LogP contribution in [0.1, 0.15) is 101 Å². The Labute approximate surface area is 156 Å². The lowest BCUT2D eigenvalue weighted by atomic mass is 9.75. The van der Waals surface area contributed by atoms with E-state index in [1.165, 1.54) is 89.9 Å². The first-order valence-corrected chi connectivity index (χ1v) is 11.4. The summed E-state index contributed by atoms with van der Waals surface area (Å²) in [6, 6.07) is 7.42. The van der Waals surface area contributed by atoms with Gasteiger partial charge in [0, 0.05) is 0 Å². The fraction of sp³-hybridized carbons (Fsp3) is 0.760. The summed E-state index contributed by atoms with van der Waals surface area (Å²) in [7, 11) is 0. The van der Waals surface area contributed by atoms with Gasteiger partial charge in [-0.15, -0.1) is 0 Å². The summed E-state index contributed by atoms with van der Waals surface area (Å²) >= 11 is 0. The lowest BCUT2D eigenvalue weighted by Crippen LogP contribution is -2.18. The highest BCUT2D eigenvalue weighted by Crippen LogP contribution is 2.36. The predicted octanol–water partition coefficient (Wildman–Crippen LogP) is 7.52. The molecule has 1 unspecified atom stereocenters. The van der Waals surface area contributed by atoms with Crippen molar-refractivity contribution in [3.05, 3.63) is 34.9 Å². The Kier molecular flexibility index (Phi) is 7.44. The lowest BCUT2D eigenvalue weighted by molar-refractivity contribution is 0.241.